The molecule has 4 heteroatoms. The number of hydrogen-bond acceptors (Lipinski definition) is 3. The van der Waals surface area contributed by atoms with E-state index < -0.39 is 0 Å². The van der Waals surface area contributed by atoms with Crippen LogP contribution in [0.25, 0.3) is 10.9 Å². The SMILES string of the molecule is Clc1nc(NCC(C2CC2)C2CC2)c2ccccc2n1. The Hall–Kier alpha value is -1.35. The van der Waals surface area contributed by atoms with Gasteiger partial charge in [0.25, 0.3) is 0 Å². The van der Waals surface area contributed by atoms with Crippen molar-refractivity contribution in [1.82, 2.24) is 9.97 Å². The van der Waals surface area contributed by atoms with E-state index in [9.17, 15) is 0 Å². The van der Waals surface area contributed by atoms with Gasteiger partial charge in [0.2, 0.25) is 5.28 Å². The molecule has 1 aromatic heterocycles. The molecule has 20 heavy (non-hydrogen) atoms. The number of rotatable bonds is 5. The number of para-hydroxylation sites is 1. The van der Waals surface area contributed by atoms with Crippen LogP contribution in [0.1, 0.15) is 25.7 Å². The number of nitrogens with one attached hydrogen (secondary N) is 1. The molecule has 4 rings (SSSR count). The smallest absolute Gasteiger partial charge is 0.224 e. The molecule has 0 atom stereocenters. The van der Waals surface area contributed by atoms with E-state index in [2.05, 4.69) is 21.4 Å². The summed E-state index contributed by atoms with van der Waals surface area (Å²) in [5, 5.41) is 4.91. The molecule has 1 N–H and O–H groups in total. The fraction of sp³-hybridized carbons (Fsp3) is 0.500. The normalized spacial score (nSPS) is 18.7. The van der Waals surface area contributed by atoms with Crippen LogP contribution in [0.4, 0.5) is 5.82 Å². The summed E-state index contributed by atoms with van der Waals surface area (Å²) in [6.07, 6.45) is 5.64. The van der Waals surface area contributed by atoms with Gasteiger partial charge in [-0.05, 0) is 67.2 Å². The lowest BCUT2D eigenvalue weighted by Gasteiger charge is -2.17. The lowest BCUT2D eigenvalue weighted by Crippen LogP contribution is -2.19. The van der Waals surface area contributed by atoms with Crippen molar-refractivity contribution in [2.24, 2.45) is 17.8 Å². The molecule has 2 aliphatic rings. The summed E-state index contributed by atoms with van der Waals surface area (Å²) in [6, 6.07) is 8.03. The average Bonchev–Trinajstić information content (AvgIpc) is 3.32. The zero-order chi connectivity index (χ0) is 13.5. The Morgan fingerprint density at radius 1 is 1.10 bits per heavy atom. The lowest BCUT2D eigenvalue weighted by atomic mass is 9.98. The molecule has 1 heterocycles. The summed E-state index contributed by atoms with van der Waals surface area (Å²) in [5.74, 6) is 3.59. The number of anilines is 1. The molecule has 0 radical (unpaired) electrons. The summed E-state index contributed by atoms with van der Waals surface area (Å²) < 4.78 is 0. The molecule has 2 saturated carbocycles. The van der Waals surface area contributed by atoms with Gasteiger partial charge in [0.15, 0.2) is 0 Å². The van der Waals surface area contributed by atoms with Gasteiger partial charge in [0, 0.05) is 11.9 Å². The van der Waals surface area contributed by atoms with Gasteiger partial charge in [-0.1, -0.05) is 12.1 Å². The van der Waals surface area contributed by atoms with Gasteiger partial charge in [-0.3, -0.25) is 0 Å². The molecule has 0 saturated heterocycles. The standard InChI is InChI=1S/C16H18ClN3/c17-16-19-14-4-2-1-3-12(14)15(20-16)18-9-13(10-5-6-10)11-7-8-11/h1-4,10-11,13H,5-9H2,(H,18,19,20). The van der Waals surface area contributed by atoms with Crippen molar-refractivity contribution in [3.63, 3.8) is 0 Å². The molecular weight excluding hydrogens is 270 g/mol. The van der Waals surface area contributed by atoms with E-state index >= 15 is 0 Å². The first-order chi connectivity index (χ1) is 9.81. The number of benzene rings is 1. The highest BCUT2D eigenvalue weighted by Crippen LogP contribution is 2.49. The van der Waals surface area contributed by atoms with Crippen molar-refractivity contribution in [1.29, 1.82) is 0 Å². The second kappa shape index (κ2) is 4.88. The van der Waals surface area contributed by atoms with Crippen molar-refractivity contribution in [2.45, 2.75) is 25.7 Å². The highest BCUT2D eigenvalue weighted by atomic mass is 35.5. The number of nitrogens with zero attached hydrogens (tertiary/aromatic N) is 2. The van der Waals surface area contributed by atoms with E-state index in [-0.39, 0.29) is 0 Å². The fourth-order valence-electron chi connectivity index (χ4n) is 3.16. The van der Waals surface area contributed by atoms with Gasteiger partial charge >= 0.3 is 0 Å². The zero-order valence-electron chi connectivity index (χ0n) is 11.3. The van der Waals surface area contributed by atoms with Crippen molar-refractivity contribution in [3.05, 3.63) is 29.5 Å². The third-order valence-corrected chi connectivity index (χ3v) is 4.71. The van der Waals surface area contributed by atoms with Crippen LogP contribution in [0.3, 0.4) is 0 Å². The number of hydrogen-bond donors (Lipinski definition) is 1. The van der Waals surface area contributed by atoms with Gasteiger partial charge in [0.1, 0.15) is 5.82 Å². The van der Waals surface area contributed by atoms with Crippen molar-refractivity contribution in [2.75, 3.05) is 11.9 Å². The summed E-state index contributed by atoms with van der Waals surface area (Å²) in [5.41, 5.74) is 0.907. The van der Waals surface area contributed by atoms with E-state index in [0.29, 0.717) is 5.28 Å². The Morgan fingerprint density at radius 3 is 2.50 bits per heavy atom. The van der Waals surface area contributed by atoms with E-state index in [0.717, 1.165) is 41.0 Å². The third-order valence-electron chi connectivity index (χ3n) is 4.54. The maximum absolute atomic E-state index is 6.03. The van der Waals surface area contributed by atoms with E-state index in [1.54, 1.807) is 0 Å². The molecule has 3 nitrogen and oxygen atoms in total. The van der Waals surface area contributed by atoms with Gasteiger partial charge in [-0.15, -0.1) is 0 Å². The lowest BCUT2D eigenvalue weighted by molar-refractivity contribution is 0.428. The Bertz CT molecular complexity index is 623. The van der Waals surface area contributed by atoms with E-state index in [1.165, 1.54) is 25.7 Å². The van der Waals surface area contributed by atoms with Gasteiger partial charge in [-0.25, -0.2) is 9.97 Å². The predicted octanol–water partition coefficient (Wildman–Crippen LogP) is 4.13. The minimum atomic E-state index is 0.320. The average molecular weight is 288 g/mol. The summed E-state index contributed by atoms with van der Waals surface area (Å²) in [7, 11) is 0. The molecule has 104 valence electrons. The van der Waals surface area contributed by atoms with Gasteiger partial charge in [0.05, 0.1) is 5.52 Å². The van der Waals surface area contributed by atoms with Crippen LogP contribution in [0, 0.1) is 17.8 Å². The maximum Gasteiger partial charge on any atom is 0.224 e. The number of aromatic nitrogens is 2. The van der Waals surface area contributed by atoms with Crippen LogP contribution < -0.4 is 5.32 Å². The quantitative estimate of drug-likeness (QED) is 0.840. The van der Waals surface area contributed by atoms with Gasteiger partial charge in [-0.2, -0.15) is 0 Å². The molecule has 0 amide bonds. The highest BCUT2D eigenvalue weighted by Gasteiger charge is 2.41. The van der Waals surface area contributed by atoms with Crippen LogP contribution in [0.2, 0.25) is 5.28 Å². The molecule has 0 aliphatic heterocycles. The minimum Gasteiger partial charge on any atom is -0.369 e. The summed E-state index contributed by atoms with van der Waals surface area (Å²) >= 11 is 6.03. The highest BCUT2D eigenvalue weighted by molar-refractivity contribution is 6.28. The molecule has 2 aliphatic carbocycles. The second-order valence-electron chi connectivity index (χ2n) is 6.08. The molecule has 0 unspecified atom stereocenters. The molecule has 1 aromatic carbocycles. The largest absolute Gasteiger partial charge is 0.369 e. The molecule has 0 spiro atoms. The Balaban J connectivity index is 1.58. The minimum absolute atomic E-state index is 0.320. The molecule has 2 aromatic rings. The van der Waals surface area contributed by atoms with Crippen LogP contribution in [0.5, 0.6) is 0 Å². The van der Waals surface area contributed by atoms with Crippen LogP contribution in [0.15, 0.2) is 24.3 Å². The van der Waals surface area contributed by atoms with E-state index in [1.807, 2.05) is 18.2 Å². The molecular formula is C16H18ClN3. The molecule has 0 bridgehead atoms. The Kier molecular flexibility index (Phi) is 3.03. The van der Waals surface area contributed by atoms with E-state index in [4.69, 9.17) is 11.6 Å². The third kappa shape index (κ3) is 2.47. The van der Waals surface area contributed by atoms with Crippen molar-refractivity contribution >= 4 is 28.3 Å². The van der Waals surface area contributed by atoms with Crippen molar-refractivity contribution in [3.8, 4) is 0 Å². The number of halogens is 1. The molecule has 2 fully saturated rings. The van der Waals surface area contributed by atoms with Gasteiger partial charge < -0.3 is 5.32 Å². The summed E-state index contributed by atoms with van der Waals surface area (Å²) in [4.78, 5) is 8.65. The fourth-order valence-corrected chi connectivity index (χ4v) is 3.34. The summed E-state index contributed by atoms with van der Waals surface area (Å²) in [6.45, 7) is 1.02. The first kappa shape index (κ1) is 12.4. The predicted molar refractivity (Wildman–Crippen MR) is 82.0 cm³/mol. The van der Waals surface area contributed by atoms with Crippen LogP contribution in [-0.2, 0) is 0 Å². The monoisotopic (exact) mass is 287 g/mol. The van der Waals surface area contributed by atoms with Crippen molar-refractivity contribution < 1.29 is 0 Å². The Morgan fingerprint density at radius 2 is 1.80 bits per heavy atom. The van der Waals surface area contributed by atoms with Crippen LogP contribution >= 0.6 is 11.6 Å². The zero-order valence-corrected chi connectivity index (χ0v) is 12.1. The second-order valence-corrected chi connectivity index (χ2v) is 6.42. The first-order valence-electron chi connectivity index (χ1n) is 7.47. The maximum atomic E-state index is 6.03. The number of fused-ring (bicyclic) bond motifs is 1. The topological polar surface area (TPSA) is 37.8 Å². The Labute approximate surface area is 123 Å². The first-order valence-corrected chi connectivity index (χ1v) is 7.85. The van der Waals surface area contributed by atoms with Crippen LogP contribution in [-0.4, -0.2) is 16.5 Å².